The third-order valence-electron chi connectivity index (χ3n) is 3.71. The second-order valence-corrected chi connectivity index (χ2v) is 5.27. The molecule has 2 aromatic rings. The number of halogens is 1. The van der Waals surface area contributed by atoms with E-state index in [-0.39, 0.29) is 17.5 Å². The number of aromatic nitrogens is 1. The lowest BCUT2D eigenvalue weighted by Crippen LogP contribution is -2.31. The number of hydrogen-bond donors (Lipinski definition) is 1. The Hall–Kier alpha value is -2.37. The summed E-state index contributed by atoms with van der Waals surface area (Å²) in [5.74, 6) is -0.285. The van der Waals surface area contributed by atoms with Crippen LogP contribution in [-0.4, -0.2) is 22.5 Å². The Balaban J connectivity index is 1.91. The molecule has 5 nitrogen and oxygen atoms in total. The zero-order chi connectivity index (χ0) is 15.0. The van der Waals surface area contributed by atoms with Crippen molar-refractivity contribution in [3.8, 4) is 0 Å². The number of nitrogens with two attached hydrogens (primary N) is 1. The van der Waals surface area contributed by atoms with Crippen LogP contribution in [0.3, 0.4) is 0 Å². The van der Waals surface area contributed by atoms with Gasteiger partial charge in [-0.3, -0.25) is 4.79 Å². The number of aryl methyl sites for hydroxylation is 1. The van der Waals surface area contributed by atoms with E-state index in [4.69, 9.17) is 10.3 Å². The summed E-state index contributed by atoms with van der Waals surface area (Å²) in [6.45, 7) is 2.39. The molecular weight excluding hydrogens is 273 g/mol. The summed E-state index contributed by atoms with van der Waals surface area (Å²) in [5.41, 5.74) is 6.78. The number of likely N-dealkylation sites (tertiary alicyclic amines) is 1. The third kappa shape index (κ3) is 2.49. The lowest BCUT2D eigenvalue weighted by Gasteiger charge is -2.23. The average molecular weight is 289 g/mol. The summed E-state index contributed by atoms with van der Waals surface area (Å²) in [6.07, 6.45) is 1.63. The fourth-order valence-electron chi connectivity index (χ4n) is 2.71. The highest BCUT2D eigenvalue weighted by atomic mass is 19.1. The van der Waals surface area contributed by atoms with Gasteiger partial charge in [0.25, 0.3) is 5.91 Å². The highest BCUT2D eigenvalue weighted by Gasteiger charge is 2.34. The summed E-state index contributed by atoms with van der Waals surface area (Å²) in [4.78, 5) is 14.2. The molecule has 0 bridgehead atoms. The van der Waals surface area contributed by atoms with E-state index in [1.807, 2.05) is 13.0 Å². The molecule has 110 valence electrons. The second-order valence-electron chi connectivity index (χ2n) is 5.27. The summed E-state index contributed by atoms with van der Waals surface area (Å²) in [6, 6.07) is 5.64. The van der Waals surface area contributed by atoms with Crippen LogP contribution in [0.4, 0.5) is 10.1 Å². The fourth-order valence-corrected chi connectivity index (χ4v) is 2.71. The van der Waals surface area contributed by atoms with Crippen LogP contribution in [-0.2, 0) is 0 Å². The van der Waals surface area contributed by atoms with Crippen molar-refractivity contribution in [3.05, 3.63) is 47.1 Å². The molecule has 2 heterocycles. The van der Waals surface area contributed by atoms with Gasteiger partial charge < -0.3 is 15.2 Å². The van der Waals surface area contributed by atoms with Gasteiger partial charge in [0.05, 0.1) is 17.3 Å². The van der Waals surface area contributed by atoms with Crippen molar-refractivity contribution in [2.45, 2.75) is 25.8 Å². The summed E-state index contributed by atoms with van der Waals surface area (Å²) in [7, 11) is 0. The standard InChI is InChI=1S/C15H16FN3O2/c1-9-7-14(21-18-9)13-3-2-6-19(13)15(20)11-8-10(17)4-5-12(11)16/h4-5,7-8,13H,2-3,6,17H2,1H3. The van der Waals surface area contributed by atoms with E-state index in [9.17, 15) is 9.18 Å². The molecule has 1 unspecified atom stereocenters. The summed E-state index contributed by atoms with van der Waals surface area (Å²) < 4.78 is 19.1. The van der Waals surface area contributed by atoms with Gasteiger partial charge in [-0.25, -0.2) is 4.39 Å². The summed E-state index contributed by atoms with van der Waals surface area (Å²) in [5, 5.41) is 3.85. The molecule has 1 aliphatic rings. The molecule has 1 aromatic carbocycles. The summed E-state index contributed by atoms with van der Waals surface area (Å²) >= 11 is 0. The second kappa shape index (κ2) is 5.20. The van der Waals surface area contributed by atoms with E-state index in [1.54, 1.807) is 4.90 Å². The SMILES string of the molecule is Cc1cc(C2CCCN2C(=O)c2cc(N)ccc2F)on1. The third-order valence-corrected chi connectivity index (χ3v) is 3.71. The van der Waals surface area contributed by atoms with E-state index >= 15 is 0 Å². The van der Waals surface area contributed by atoms with Crippen LogP contribution in [0.1, 0.15) is 40.7 Å². The van der Waals surface area contributed by atoms with Gasteiger partial charge in [-0.1, -0.05) is 5.16 Å². The van der Waals surface area contributed by atoms with Crippen molar-refractivity contribution in [1.82, 2.24) is 10.1 Å². The first-order valence-corrected chi connectivity index (χ1v) is 6.85. The van der Waals surface area contributed by atoms with Crippen LogP contribution in [0.5, 0.6) is 0 Å². The quantitative estimate of drug-likeness (QED) is 0.863. The van der Waals surface area contributed by atoms with Gasteiger partial charge in [0.15, 0.2) is 5.76 Å². The van der Waals surface area contributed by atoms with E-state index < -0.39 is 5.82 Å². The van der Waals surface area contributed by atoms with Crippen LogP contribution >= 0.6 is 0 Å². The molecule has 3 rings (SSSR count). The van der Waals surface area contributed by atoms with E-state index in [1.165, 1.54) is 18.2 Å². The van der Waals surface area contributed by atoms with Crippen LogP contribution in [0, 0.1) is 12.7 Å². The predicted molar refractivity (Wildman–Crippen MR) is 75.1 cm³/mol. The van der Waals surface area contributed by atoms with Gasteiger partial charge in [-0.2, -0.15) is 0 Å². The number of nitrogen functional groups attached to an aromatic ring is 1. The number of nitrogens with zero attached hydrogens (tertiary/aromatic N) is 2. The van der Waals surface area contributed by atoms with Crippen molar-refractivity contribution < 1.29 is 13.7 Å². The maximum absolute atomic E-state index is 13.9. The number of anilines is 1. The smallest absolute Gasteiger partial charge is 0.257 e. The Morgan fingerprint density at radius 1 is 1.48 bits per heavy atom. The molecule has 1 saturated heterocycles. The molecule has 1 amide bonds. The number of carbonyl (C=O) groups is 1. The van der Waals surface area contributed by atoms with Crippen LogP contribution in [0.15, 0.2) is 28.8 Å². The normalized spacial score (nSPS) is 18.2. The Kier molecular flexibility index (Phi) is 3.37. The fraction of sp³-hybridized carbons (Fsp3) is 0.333. The zero-order valence-electron chi connectivity index (χ0n) is 11.7. The van der Waals surface area contributed by atoms with Gasteiger partial charge in [0, 0.05) is 18.3 Å². The molecule has 1 atom stereocenters. The minimum atomic E-state index is -0.561. The number of carbonyl (C=O) groups excluding carboxylic acids is 1. The minimum Gasteiger partial charge on any atom is -0.399 e. The number of hydrogen-bond acceptors (Lipinski definition) is 4. The largest absolute Gasteiger partial charge is 0.399 e. The first kappa shape index (κ1) is 13.6. The molecule has 0 spiro atoms. The molecule has 21 heavy (non-hydrogen) atoms. The van der Waals surface area contributed by atoms with Crippen molar-refractivity contribution in [2.24, 2.45) is 0 Å². The Morgan fingerprint density at radius 3 is 3.00 bits per heavy atom. The number of rotatable bonds is 2. The van der Waals surface area contributed by atoms with Crippen molar-refractivity contribution in [2.75, 3.05) is 12.3 Å². The number of benzene rings is 1. The van der Waals surface area contributed by atoms with Gasteiger partial charge >= 0.3 is 0 Å². The molecule has 0 radical (unpaired) electrons. The van der Waals surface area contributed by atoms with E-state index in [0.717, 1.165) is 18.5 Å². The van der Waals surface area contributed by atoms with Crippen LogP contribution in [0.2, 0.25) is 0 Å². The molecule has 1 fully saturated rings. The lowest BCUT2D eigenvalue weighted by atomic mass is 10.1. The Bertz CT molecular complexity index is 683. The topological polar surface area (TPSA) is 72.4 Å². The monoisotopic (exact) mass is 289 g/mol. The Labute approximate surface area is 121 Å². The van der Waals surface area contributed by atoms with Crippen molar-refractivity contribution >= 4 is 11.6 Å². The highest BCUT2D eigenvalue weighted by Crippen LogP contribution is 2.33. The first-order chi connectivity index (χ1) is 10.1. The number of amides is 1. The van der Waals surface area contributed by atoms with Gasteiger partial charge in [-0.15, -0.1) is 0 Å². The maximum atomic E-state index is 13.9. The molecule has 1 aliphatic heterocycles. The van der Waals surface area contributed by atoms with Gasteiger partial charge in [0.1, 0.15) is 5.82 Å². The molecule has 0 saturated carbocycles. The van der Waals surface area contributed by atoms with Crippen LogP contribution in [0.25, 0.3) is 0 Å². The van der Waals surface area contributed by atoms with Crippen molar-refractivity contribution in [3.63, 3.8) is 0 Å². The molecule has 2 N–H and O–H groups in total. The molecule has 6 heteroatoms. The van der Waals surface area contributed by atoms with Gasteiger partial charge in [0.2, 0.25) is 0 Å². The molecular formula is C15H16FN3O2. The molecule has 0 aliphatic carbocycles. The highest BCUT2D eigenvalue weighted by molar-refractivity contribution is 5.95. The zero-order valence-corrected chi connectivity index (χ0v) is 11.7. The maximum Gasteiger partial charge on any atom is 0.257 e. The van der Waals surface area contributed by atoms with Crippen LogP contribution < -0.4 is 5.73 Å². The van der Waals surface area contributed by atoms with E-state index in [0.29, 0.717) is 18.0 Å². The van der Waals surface area contributed by atoms with Crippen molar-refractivity contribution in [1.29, 1.82) is 0 Å². The molecule has 1 aromatic heterocycles. The minimum absolute atomic E-state index is 0.00172. The first-order valence-electron chi connectivity index (χ1n) is 6.85. The average Bonchev–Trinajstić information content (AvgIpc) is 3.09. The van der Waals surface area contributed by atoms with E-state index in [2.05, 4.69) is 5.16 Å². The predicted octanol–water partition coefficient (Wildman–Crippen LogP) is 2.68. The Morgan fingerprint density at radius 2 is 2.29 bits per heavy atom. The lowest BCUT2D eigenvalue weighted by molar-refractivity contribution is 0.0710. The van der Waals surface area contributed by atoms with Gasteiger partial charge in [-0.05, 0) is 38.0 Å².